The molecule has 7 heteroatoms. The molecule has 0 amide bonds. The van der Waals surface area contributed by atoms with E-state index in [0.717, 1.165) is 16.4 Å². The van der Waals surface area contributed by atoms with E-state index in [2.05, 4.69) is 15.0 Å². The summed E-state index contributed by atoms with van der Waals surface area (Å²) >= 11 is 1.34. The molecule has 0 aliphatic carbocycles. The number of hydrogen-bond acceptors (Lipinski definition) is 5. The number of aromatic nitrogens is 4. The van der Waals surface area contributed by atoms with Gasteiger partial charge in [-0.05, 0) is 30.8 Å². The number of hydrogen-bond donors (Lipinski definition) is 2. The van der Waals surface area contributed by atoms with E-state index in [9.17, 15) is 4.79 Å². The lowest BCUT2D eigenvalue weighted by Gasteiger charge is -2.07. The van der Waals surface area contributed by atoms with E-state index in [0.29, 0.717) is 11.6 Å². The number of imidazole rings is 1. The first-order chi connectivity index (χ1) is 10.1. The van der Waals surface area contributed by atoms with Gasteiger partial charge in [0.05, 0.1) is 5.69 Å². The van der Waals surface area contributed by atoms with Crippen molar-refractivity contribution in [2.45, 2.75) is 29.6 Å². The van der Waals surface area contributed by atoms with E-state index in [1.54, 1.807) is 0 Å². The van der Waals surface area contributed by atoms with E-state index in [-0.39, 0.29) is 11.6 Å². The number of pyridine rings is 1. The fourth-order valence-electron chi connectivity index (χ4n) is 2.09. The van der Waals surface area contributed by atoms with E-state index < -0.39 is 0 Å². The summed E-state index contributed by atoms with van der Waals surface area (Å²) in [6.45, 7) is 1.96. The highest BCUT2D eigenvalue weighted by atomic mass is 32.2. The SMILES string of the molecule is CC(N)Cc1c(Sc2nccc(=O)[nH]2)nc2ccccn12. The van der Waals surface area contributed by atoms with Crippen molar-refractivity contribution in [3.63, 3.8) is 0 Å². The van der Waals surface area contributed by atoms with Crippen molar-refractivity contribution >= 4 is 17.4 Å². The van der Waals surface area contributed by atoms with Gasteiger partial charge in [-0.15, -0.1) is 0 Å². The minimum absolute atomic E-state index is 0.0206. The molecule has 6 nitrogen and oxygen atoms in total. The first-order valence-electron chi connectivity index (χ1n) is 6.58. The smallest absolute Gasteiger partial charge is 0.251 e. The maximum atomic E-state index is 11.4. The first-order valence-corrected chi connectivity index (χ1v) is 7.40. The van der Waals surface area contributed by atoms with Crippen LogP contribution in [0.3, 0.4) is 0 Å². The normalized spacial score (nSPS) is 12.7. The molecule has 3 aromatic heterocycles. The van der Waals surface area contributed by atoms with Crippen LogP contribution in [0.1, 0.15) is 12.6 Å². The van der Waals surface area contributed by atoms with Crippen LogP contribution >= 0.6 is 11.8 Å². The van der Waals surface area contributed by atoms with E-state index in [4.69, 9.17) is 5.73 Å². The monoisotopic (exact) mass is 301 g/mol. The Labute approximate surface area is 125 Å². The molecule has 0 aromatic carbocycles. The Morgan fingerprint density at radius 1 is 1.43 bits per heavy atom. The maximum Gasteiger partial charge on any atom is 0.251 e. The van der Waals surface area contributed by atoms with Crippen LogP contribution in [0, 0.1) is 0 Å². The molecule has 0 radical (unpaired) electrons. The summed E-state index contributed by atoms with van der Waals surface area (Å²) in [5.41, 5.74) is 7.64. The molecular weight excluding hydrogens is 286 g/mol. The van der Waals surface area contributed by atoms with Crippen LogP contribution in [-0.4, -0.2) is 25.4 Å². The molecule has 3 rings (SSSR count). The summed E-state index contributed by atoms with van der Waals surface area (Å²) in [6.07, 6.45) is 4.15. The van der Waals surface area contributed by atoms with Crippen molar-refractivity contribution < 1.29 is 0 Å². The average molecular weight is 301 g/mol. The van der Waals surface area contributed by atoms with Gasteiger partial charge >= 0.3 is 0 Å². The standard InChI is InChI=1S/C14H15N5OS/c1-9(15)8-10-13(17-11-4-2-3-7-19(10)11)21-14-16-6-5-12(20)18-14/h2-7,9H,8,15H2,1H3,(H,16,18,20). The van der Waals surface area contributed by atoms with Gasteiger partial charge in [0, 0.05) is 30.9 Å². The Morgan fingerprint density at radius 2 is 2.29 bits per heavy atom. The zero-order valence-electron chi connectivity index (χ0n) is 11.5. The van der Waals surface area contributed by atoms with Crippen LogP contribution in [-0.2, 0) is 6.42 Å². The Hall–Kier alpha value is -2.12. The van der Waals surface area contributed by atoms with Crippen LogP contribution in [0.4, 0.5) is 0 Å². The summed E-state index contributed by atoms with van der Waals surface area (Å²) in [5, 5.41) is 1.34. The molecule has 1 unspecified atom stereocenters. The van der Waals surface area contributed by atoms with Gasteiger partial charge in [-0.25, -0.2) is 9.97 Å². The average Bonchev–Trinajstić information content (AvgIpc) is 2.76. The Kier molecular flexibility index (Phi) is 3.76. The first kappa shape index (κ1) is 13.8. The predicted molar refractivity (Wildman–Crippen MR) is 81.5 cm³/mol. The molecule has 0 fully saturated rings. The number of aromatic amines is 1. The van der Waals surface area contributed by atoms with Crippen molar-refractivity contribution in [2.24, 2.45) is 5.73 Å². The largest absolute Gasteiger partial charge is 0.328 e. The molecule has 0 spiro atoms. The second-order valence-electron chi connectivity index (χ2n) is 4.82. The second-order valence-corrected chi connectivity index (χ2v) is 5.79. The molecule has 21 heavy (non-hydrogen) atoms. The van der Waals surface area contributed by atoms with E-state index in [1.807, 2.05) is 35.7 Å². The van der Waals surface area contributed by atoms with Gasteiger partial charge in [0.1, 0.15) is 10.7 Å². The molecule has 3 heterocycles. The van der Waals surface area contributed by atoms with Crippen molar-refractivity contribution in [1.82, 2.24) is 19.4 Å². The molecule has 3 N–H and O–H groups in total. The Morgan fingerprint density at radius 3 is 3.05 bits per heavy atom. The number of rotatable bonds is 4. The lowest BCUT2D eigenvalue weighted by molar-refractivity contribution is 0.705. The third-order valence-electron chi connectivity index (χ3n) is 2.95. The molecule has 1 atom stereocenters. The van der Waals surface area contributed by atoms with Gasteiger partial charge in [0.25, 0.3) is 5.56 Å². The maximum absolute atomic E-state index is 11.4. The lowest BCUT2D eigenvalue weighted by atomic mass is 10.2. The number of nitrogens with two attached hydrogens (primary N) is 1. The summed E-state index contributed by atoms with van der Waals surface area (Å²) in [4.78, 5) is 22.8. The molecule has 0 aliphatic rings. The van der Waals surface area contributed by atoms with Gasteiger partial charge in [-0.2, -0.15) is 0 Å². The summed E-state index contributed by atoms with van der Waals surface area (Å²) in [6, 6.07) is 7.24. The molecule has 0 bridgehead atoms. The zero-order chi connectivity index (χ0) is 14.8. The molecule has 0 aliphatic heterocycles. The van der Waals surface area contributed by atoms with Crippen molar-refractivity contribution in [3.8, 4) is 0 Å². The van der Waals surface area contributed by atoms with E-state index in [1.165, 1.54) is 24.0 Å². The van der Waals surface area contributed by atoms with E-state index >= 15 is 0 Å². The van der Waals surface area contributed by atoms with Crippen LogP contribution in [0.2, 0.25) is 0 Å². The fourth-order valence-corrected chi connectivity index (χ4v) is 2.98. The fraction of sp³-hybridized carbons (Fsp3) is 0.214. The third-order valence-corrected chi connectivity index (χ3v) is 3.87. The van der Waals surface area contributed by atoms with Crippen molar-refractivity contribution in [3.05, 3.63) is 52.7 Å². The molecule has 3 aromatic rings. The van der Waals surface area contributed by atoms with Crippen LogP contribution in [0.5, 0.6) is 0 Å². The zero-order valence-corrected chi connectivity index (χ0v) is 12.3. The number of fused-ring (bicyclic) bond motifs is 1. The highest BCUT2D eigenvalue weighted by Crippen LogP contribution is 2.28. The molecular formula is C14H15N5OS. The molecule has 108 valence electrons. The number of H-pyrrole nitrogens is 1. The quantitative estimate of drug-likeness (QED) is 0.712. The molecule has 0 saturated carbocycles. The number of nitrogens with zero attached hydrogens (tertiary/aromatic N) is 3. The summed E-state index contributed by atoms with van der Waals surface area (Å²) in [5.74, 6) is 0. The van der Waals surface area contributed by atoms with Gasteiger partial charge in [-0.3, -0.25) is 4.79 Å². The van der Waals surface area contributed by atoms with Crippen molar-refractivity contribution in [2.75, 3.05) is 0 Å². The van der Waals surface area contributed by atoms with Crippen molar-refractivity contribution in [1.29, 1.82) is 0 Å². The lowest BCUT2D eigenvalue weighted by Crippen LogP contribution is -2.19. The highest BCUT2D eigenvalue weighted by molar-refractivity contribution is 7.99. The number of nitrogens with one attached hydrogen (secondary N) is 1. The third kappa shape index (κ3) is 2.98. The van der Waals surface area contributed by atoms with Gasteiger partial charge in [0.15, 0.2) is 5.16 Å². The highest BCUT2D eigenvalue weighted by Gasteiger charge is 2.15. The van der Waals surface area contributed by atoms with Gasteiger partial charge < -0.3 is 15.1 Å². The van der Waals surface area contributed by atoms with Crippen LogP contribution < -0.4 is 11.3 Å². The minimum atomic E-state index is -0.176. The molecule has 0 saturated heterocycles. The van der Waals surface area contributed by atoms with Crippen LogP contribution in [0.25, 0.3) is 5.65 Å². The topological polar surface area (TPSA) is 89.1 Å². The van der Waals surface area contributed by atoms with Crippen LogP contribution in [0.15, 0.2) is 51.6 Å². The summed E-state index contributed by atoms with van der Waals surface area (Å²) < 4.78 is 2.02. The summed E-state index contributed by atoms with van der Waals surface area (Å²) in [7, 11) is 0. The van der Waals surface area contributed by atoms with Gasteiger partial charge in [0.2, 0.25) is 0 Å². The predicted octanol–water partition coefficient (Wildman–Crippen LogP) is 1.46. The second kappa shape index (κ2) is 5.71. The Bertz CT molecular complexity index is 823. The Balaban J connectivity index is 2.06. The minimum Gasteiger partial charge on any atom is -0.328 e. The van der Waals surface area contributed by atoms with Gasteiger partial charge in [-0.1, -0.05) is 6.07 Å².